The predicted octanol–water partition coefficient (Wildman–Crippen LogP) is 10.3. The third-order valence-corrected chi connectivity index (χ3v) is 7.72. The van der Waals surface area contributed by atoms with E-state index in [1.165, 1.54) is 103 Å². The van der Waals surface area contributed by atoms with Gasteiger partial charge in [0, 0.05) is 12.4 Å². The minimum Gasteiger partial charge on any atom is -0.462 e. The molecule has 2 heterocycles. The molecule has 42 heavy (non-hydrogen) atoms. The summed E-state index contributed by atoms with van der Waals surface area (Å²) in [5, 5.41) is 0. The Morgan fingerprint density at radius 1 is 0.500 bits per heavy atom. The first-order valence-electron chi connectivity index (χ1n) is 16.9. The molecular weight excluding hydrogens is 524 g/mol. The van der Waals surface area contributed by atoms with Gasteiger partial charge >= 0.3 is 11.9 Å². The van der Waals surface area contributed by atoms with E-state index in [0.717, 1.165) is 25.7 Å². The fourth-order valence-electron chi connectivity index (χ4n) is 5.07. The van der Waals surface area contributed by atoms with Crippen LogP contribution in [-0.4, -0.2) is 35.1 Å². The second-order valence-electron chi connectivity index (χ2n) is 11.5. The van der Waals surface area contributed by atoms with Crippen molar-refractivity contribution in [1.82, 2.24) is 9.97 Å². The van der Waals surface area contributed by atoms with Crippen LogP contribution in [0.1, 0.15) is 163 Å². The first-order chi connectivity index (χ1) is 20.7. The van der Waals surface area contributed by atoms with Crippen LogP contribution in [0.2, 0.25) is 0 Å². The van der Waals surface area contributed by atoms with Gasteiger partial charge in [-0.25, -0.2) is 9.59 Å². The number of carbonyl (C=O) groups excluding carboxylic acids is 2. The first kappa shape index (κ1) is 35.4. The molecule has 2 rings (SSSR count). The van der Waals surface area contributed by atoms with Crippen molar-refractivity contribution in [2.45, 2.75) is 142 Å². The first-order valence-corrected chi connectivity index (χ1v) is 16.9. The molecule has 0 radical (unpaired) electrons. The van der Waals surface area contributed by atoms with Crippen LogP contribution in [-0.2, 0) is 9.47 Å². The Bertz CT molecular complexity index is 914. The van der Waals surface area contributed by atoms with Gasteiger partial charge in [0.25, 0.3) is 0 Å². The number of hydrogen-bond acceptors (Lipinski definition) is 6. The molecule has 0 aliphatic rings. The standard InChI is InChI=1S/C36H56N2O4/c1-3-5-7-9-11-13-15-17-19-21-27-41-35(39)31-23-25-37-33(29-31)34-30-32(24-26-38-34)36(40)42-28-22-20-18-16-14-12-10-8-6-4-2/h23-26,29-30H,3-22,27-28H2,1-2H3. The van der Waals surface area contributed by atoms with E-state index in [-0.39, 0.29) is 11.9 Å². The lowest BCUT2D eigenvalue weighted by Crippen LogP contribution is -2.08. The summed E-state index contributed by atoms with van der Waals surface area (Å²) in [5.41, 5.74) is 1.91. The van der Waals surface area contributed by atoms with Crippen molar-refractivity contribution in [2.24, 2.45) is 0 Å². The van der Waals surface area contributed by atoms with Crippen LogP contribution in [0.4, 0.5) is 0 Å². The molecule has 0 aliphatic heterocycles. The van der Waals surface area contributed by atoms with Crippen molar-refractivity contribution < 1.29 is 19.1 Å². The third-order valence-electron chi connectivity index (χ3n) is 7.72. The van der Waals surface area contributed by atoms with Gasteiger partial charge in [-0.1, -0.05) is 129 Å². The van der Waals surface area contributed by atoms with Gasteiger partial charge in [-0.3, -0.25) is 9.97 Å². The number of carbonyl (C=O) groups is 2. The molecule has 0 aromatic carbocycles. The fraction of sp³-hybridized carbons (Fsp3) is 0.667. The summed E-state index contributed by atoms with van der Waals surface area (Å²) in [4.78, 5) is 33.9. The molecule has 6 nitrogen and oxygen atoms in total. The zero-order valence-corrected chi connectivity index (χ0v) is 26.5. The van der Waals surface area contributed by atoms with Crippen molar-refractivity contribution in [2.75, 3.05) is 13.2 Å². The van der Waals surface area contributed by atoms with E-state index in [4.69, 9.17) is 9.47 Å². The molecule has 6 heteroatoms. The summed E-state index contributed by atoms with van der Waals surface area (Å²) >= 11 is 0. The maximum atomic E-state index is 12.6. The second-order valence-corrected chi connectivity index (χ2v) is 11.5. The number of hydrogen-bond donors (Lipinski definition) is 0. The Balaban J connectivity index is 1.66. The van der Waals surface area contributed by atoms with Crippen LogP contribution < -0.4 is 0 Å². The summed E-state index contributed by atoms with van der Waals surface area (Å²) < 4.78 is 11.0. The van der Waals surface area contributed by atoms with Crippen LogP contribution in [0.25, 0.3) is 11.4 Å². The zero-order valence-electron chi connectivity index (χ0n) is 26.5. The molecule has 0 N–H and O–H groups in total. The van der Waals surface area contributed by atoms with Gasteiger partial charge in [0.15, 0.2) is 0 Å². The lowest BCUT2D eigenvalue weighted by molar-refractivity contribution is 0.0488. The Labute approximate surface area is 255 Å². The fourth-order valence-corrected chi connectivity index (χ4v) is 5.07. The van der Waals surface area contributed by atoms with E-state index in [1.54, 1.807) is 36.7 Å². The number of esters is 2. The Hall–Kier alpha value is -2.76. The van der Waals surface area contributed by atoms with Crippen LogP contribution >= 0.6 is 0 Å². The number of ether oxygens (including phenoxy) is 2. The number of pyridine rings is 2. The monoisotopic (exact) mass is 580 g/mol. The molecule has 2 aromatic heterocycles. The topological polar surface area (TPSA) is 78.4 Å². The third kappa shape index (κ3) is 16.0. The molecule has 2 aromatic rings. The van der Waals surface area contributed by atoms with Gasteiger partial charge in [0.2, 0.25) is 0 Å². The number of aromatic nitrogens is 2. The molecule has 0 amide bonds. The van der Waals surface area contributed by atoms with E-state index in [1.807, 2.05) is 0 Å². The summed E-state index contributed by atoms with van der Waals surface area (Å²) in [5.74, 6) is -0.719. The highest BCUT2D eigenvalue weighted by molar-refractivity contribution is 5.92. The van der Waals surface area contributed by atoms with Crippen LogP contribution in [0.3, 0.4) is 0 Å². The molecule has 0 spiro atoms. The van der Waals surface area contributed by atoms with E-state index >= 15 is 0 Å². The van der Waals surface area contributed by atoms with E-state index in [2.05, 4.69) is 23.8 Å². The molecular formula is C36H56N2O4. The highest BCUT2D eigenvalue weighted by Crippen LogP contribution is 2.19. The van der Waals surface area contributed by atoms with Gasteiger partial charge < -0.3 is 9.47 Å². The lowest BCUT2D eigenvalue weighted by Gasteiger charge is -2.08. The van der Waals surface area contributed by atoms with Crippen molar-refractivity contribution in [1.29, 1.82) is 0 Å². The van der Waals surface area contributed by atoms with E-state index in [0.29, 0.717) is 35.7 Å². The van der Waals surface area contributed by atoms with Gasteiger partial charge in [-0.15, -0.1) is 0 Å². The van der Waals surface area contributed by atoms with Crippen molar-refractivity contribution in [3.63, 3.8) is 0 Å². The summed E-state index contributed by atoms with van der Waals surface area (Å²) in [6, 6.07) is 6.63. The molecule has 0 atom stereocenters. The van der Waals surface area contributed by atoms with E-state index in [9.17, 15) is 9.59 Å². The highest BCUT2D eigenvalue weighted by Gasteiger charge is 2.13. The van der Waals surface area contributed by atoms with Crippen molar-refractivity contribution in [3.05, 3.63) is 47.8 Å². The number of rotatable bonds is 25. The largest absolute Gasteiger partial charge is 0.462 e. The normalized spacial score (nSPS) is 11.0. The SMILES string of the molecule is CCCCCCCCCCCCOC(=O)c1ccnc(-c2cc(C(=O)OCCCCCCCCCCCC)ccn2)c1. The van der Waals surface area contributed by atoms with Gasteiger partial charge in [0.05, 0.1) is 35.7 Å². The Morgan fingerprint density at radius 2 is 0.810 bits per heavy atom. The van der Waals surface area contributed by atoms with Crippen molar-refractivity contribution >= 4 is 11.9 Å². The Kier molecular flexibility index (Phi) is 20.1. The van der Waals surface area contributed by atoms with E-state index < -0.39 is 0 Å². The quantitative estimate of drug-likeness (QED) is 0.0858. The summed E-state index contributed by atoms with van der Waals surface area (Å²) in [6.07, 6.45) is 27.9. The smallest absolute Gasteiger partial charge is 0.338 e. The molecule has 0 aliphatic carbocycles. The zero-order chi connectivity index (χ0) is 30.1. The molecule has 0 bridgehead atoms. The molecule has 234 valence electrons. The molecule has 0 fully saturated rings. The predicted molar refractivity (Wildman–Crippen MR) is 172 cm³/mol. The summed E-state index contributed by atoms with van der Waals surface area (Å²) in [7, 11) is 0. The average molecular weight is 581 g/mol. The summed E-state index contributed by atoms with van der Waals surface area (Å²) in [6.45, 7) is 5.34. The van der Waals surface area contributed by atoms with Gasteiger partial charge in [0.1, 0.15) is 0 Å². The van der Waals surface area contributed by atoms with Crippen LogP contribution in [0.15, 0.2) is 36.7 Å². The van der Waals surface area contributed by atoms with Crippen molar-refractivity contribution in [3.8, 4) is 11.4 Å². The number of unbranched alkanes of at least 4 members (excludes halogenated alkanes) is 18. The highest BCUT2D eigenvalue weighted by atomic mass is 16.5. The number of nitrogens with zero attached hydrogens (tertiary/aromatic N) is 2. The van der Waals surface area contributed by atoms with Crippen LogP contribution in [0, 0.1) is 0 Å². The molecule has 0 saturated carbocycles. The average Bonchev–Trinajstić information content (AvgIpc) is 3.02. The Morgan fingerprint density at radius 3 is 1.14 bits per heavy atom. The maximum Gasteiger partial charge on any atom is 0.338 e. The molecule has 0 saturated heterocycles. The minimum absolute atomic E-state index is 0.360. The minimum atomic E-state index is -0.360. The van der Waals surface area contributed by atoms with Crippen LogP contribution in [0.5, 0.6) is 0 Å². The second kappa shape index (κ2) is 23.8. The van der Waals surface area contributed by atoms with Gasteiger partial charge in [-0.2, -0.15) is 0 Å². The maximum absolute atomic E-state index is 12.6. The van der Waals surface area contributed by atoms with Gasteiger partial charge in [-0.05, 0) is 37.1 Å². The molecule has 0 unspecified atom stereocenters. The lowest BCUT2D eigenvalue weighted by atomic mass is 10.1.